The second-order valence-electron chi connectivity index (χ2n) is 4.51. The molecule has 0 amide bonds. The Morgan fingerprint density at radius 1 is 1.25 bits per heavy atom. The molecule has 1 aliphatic rings. The zero-order valence-corrected chi connectivity index (χ0v) is 11.0. The van der Waals surface area contributed by atoms with Crippen LogP contribution in [0.5, 0.6) is 0 Å². The molecule has 0 spiro atoms. The predicted molar refractivity (Wildman–Crippen MR) is 70.5 cm³/mol. The lowest BCUT2D eigenvalue weighted by atomic mass is 9.71. The van der Waals surface area contributed by atoms with E-state index in [1.54, 1.807) is 0 Å². The van der Waals surface area contributed by atoms with E-state index in [1.807, 2.05) is 12.1 Å². The van der Waals surface area contributed by atoms with Crippen LogP contribution in [-0.2, 0) is 5.41 Å². The molecule has 0 unspecified atom stereocenters. The first-order valence-corrected chi connectivity index (χ1v) is 6.60. The van der Waals surface area contributed by atoms with E-state index in [0.717, 1.165) is 37.4 Å². The van der Waals surface area contributed by atoms with E-state index in [0.29, 0.717) is 5.02 Å². The van der Waals surface area contributed by atoms with Crippen LogP contribution in [0.1, 0.15) is 31.7 Å². The fraction of sp³-hybridized carbons (Fsp3) is 0.538. The van der Waals surface area contributed by atoms with E-state index in [9.17, 15) is 0 Å². The summed E-state index contributed by atoms with van der Waals surface area (Å²) in [5.74, 6) is 0. The Balaban J connectivity index is 2.39. The van der Waals surface area contributed by atoms with Gasteiger partial charge in [0, 0.05) is 10.0 Å². The van der Waals surface area contributed by atoms with Crippen molar-refractivity contribution in [3.8, 4) is 0 Å². The number of rotatable bonds is 2. The maximum absolute atomic E-state index is 6.33. The molecule has 1 N–H and O–H groups in total. The summed E-state index contributed by atoms with van der Waals surface area (Å²) in [6.45, 7) is 4.40. The summed E-state index contributed by atoms with van der Waals surface area (Å²) in [5.41, 5.74) is 1.51. The van der Waals surface area contributed by atoms with Gasteiger partial charge in [-0.05, 0) is 55.5 Å². The summed E-state index contributed by atoms with van der Waals surface area (Å²) < 4.78 is 0. The van der Waals surface area contributed by atoms with Crippen LogP contribution < -0.4 is 5.32 Å². The molecular formula is C13H17Cl2N. The molecule has 88 valence electrons. The van der Waals surface area contributed by atoms with Crippen molar-refractivity contribution in [3.05, 3.63) is 33.8 Å². The summed E-state index contributed by atoms with van der Waals surface area (Å²) in [4.78, 5) is 0. The van der Waals surface area contributed by atoms with E-state index < -0.39 is 0 Å². The van der Waals surface area contributed by atoms with E-state index in [1.165, 1.54) is 5.56 Å². The topological polar surface area (TPSA) is 12.0 Å². The van der Waals surface area contributed by atoms with Gasteiger partial charge in [-0.25, -0.2) is 0 Å². The van der Waals surface area contributed by atoms with Crippen molar-refractivity contribution >= 4 is 23.2 Å². The van der Waals surface area contributed by atoms with E-state index >= 15 is 0 Å². The van der Waals surface area contributed by atoms with Crippen LogP contribution in [0.3, 0.4) is 0 Å². The highest BCUT2D eigenvalue weighted by Gasteiger charge is 2.33. The lowest BCUT2D eigenvalue weighted by molar-refractivity contribution is 0.298. The van der Waals surface area contributed by atoms with Gasteiger partial charge in [-0.3, -0.25) is 0 Å². The standard InChI is InChI=1S/C13H17Cl2N/c1-2-13(5-7-16-8-6-13)11-4-3-10(14)9-12(11)15/h3-4,9,16H,2,5-8H2,1H3. The molecule has 1 nitrogen and oxygen atoms in total. The quantitative estimate of drug-likeness (QED) is 0.844. The Labute approximate surface area is 107 Å². The molecule has 0 saturated carbocycles. The number of halogens is 2. The molecule has 0 aliphatic carbocycles. The van der Waals surface area contributed by atoms with Crippen LogP contribution >= 0.6 is 23.2 Å². The van der Waals surface area contributed by atoms with Crippen molar-refractivity contribution in [2.45, 2.75) is 31.6 Å². The van der Waals surface area contributed by atoms with Gasteiger partial charge in [0.2, 0.25) is 0 Å². The second kappa shape index (κ2) is 4.95. The third-order valence-corrected chi connectivity index (χ3v) is 4.29. The summed E-state index contributed by atoms with van der Waals surface area (Å²) in [7, 11) is 0. The van der Waals surface area contributed by atoms with Gasteiger partial charge in [0.25, 0.3) is 0 Å². The summed E-state index contributed by atoms with van der Waals surface area (Å²) in [6.07, 6.45) is 3.45. The fourth-order valence-corrected chi connectivity index (χ4v) is 3.25. The average molecular weight is 258 g/mol. The van der Waals surface area contributed by atoms with Crippen molar-refractivity contribution in [1.29, 1.82) is 0 Å². The Hall–Kier alpha value is -0.240. The third-order valence-electron chi connectivity index (χ3n) is 3.74. The minimum Gasteiger partial charge on any atom is -0.317 e. The lowest BCUT2D eigenvalue weighted by Gasteiger charge is -2.38. The predicted octanol–water partition coefficient (Wildman–Crippen LogP) is 4.02. The number of hydrogen-bond donors (Lipinski definition) is 1. The largest absolute Gasteiger partial charge is 0.317 e. The number of piperidine rings is 1. The molecular weight excluding hydrogens is 241 g/mol. The lowest BCUT2D eigenvalue weighted by Crippen LogP contribution is -2.39. The number of hydrogen-bond acceptors (Lipinski definition) is 1. The van der Waals surface area contributed by atoms with Gasteiger partial charge in [0.15, 0.2) is 0 Å². The molecule has 16 heavy (non-hydrogen) atoms. The Morgan fingerprint density at radius 2 is 1.94 bits per heavy atom. The Kier molecular flexibility index (Phi) is 3.78. The average Bonchev–Trinajstić information content (AvgIpc) is 2.30. The Bertz CT molecular complexity index is 370. The SMILES string of the molecule is CCC1(c2ccc(Cl)cc2Cl)CCNCC1. The van der Waals surface area contributed by atoms with Crippen molar-refractivity contribution in [2.24, 2.45) is 0 Å². The molecule has 1 heterocycles. The highest BCUT2D eigenvalue weighted by Crippen LogP contribution is 2.40. The van der Waals surface area contributed by atoms with Crippen LogP contribution in [0.25, 0.3) is 0 Å². The second-order valence-corrected chi connectivity index (χ2v) is 5.35. The molecule has 1 fully saturated rings. The number of benzene rings is 1. The van der Waals surface area contributed by atoms with E-state index in [4.69, 9.17) is 23.2 Å². The molecule has 1 aliphatic heterocycles. The first-order chi connectivity index (χ1) is 7.68. The molecule has 1 saturated heterocycles. The third kappa shape index (κ3) is 2.22. The Morgan fingerprint density at radius 3 is 2.50 bits per heavy atom. The van der Waals surface area contributed by atoms with Gasteiger partial charge in [-0.15, -0.1) is 0 Å². The molecule has 1 aromatic carbocycles. The highest BCUT2D eigenvalue weighted by molar-refractivity contribution is 6.35. The van der Waals surface area contributed by atoms with Crippen LogP contribution in [0, 0.1) is 0 Å². The zero-order chi connectivity index (χ0) is 11.6. The number of nitrogens with one attached hydrogen (secondary N) is 1. The van der Waals surface area contributed by atoms with Gasteiger partial charge < -0.3 is 5.32 Å². The minimum absolute atomic E-state index is 0.243. The smallest absolute Gasteiger partial charge is 0.0458 e. The molecule has 3 heteroatoms. The molecule has 1 aromatic rings. The summed E-state index contributed by atoms with van der Waals surface area (Å²) >= 11 is 12.3. The van der Waals surface area contributed by atoms with Crippen molar-refractivity contribution in [2.75, 3.05) is 13.1 Å². The van der Waals surface area contributed by atoms with Gasteiger partial charge in [0.1, 0.15) is 0 Å². The van der Waals surface area contributed by atoms with Gasteiger partial charge in [0.05, 0.1) is 0 Å². The summed E-state index contributed by atoms with van der Waals surface area (Å²) in [5, 5.41) is 4.94. The van der Waals surface area contributed by atoms with E-state index in [-0.39, 0.29) is 5.41 Å². The molecule has 0 bridgehead atoms. The van der Waals surface area contributed by atoms with Crippen LogP contribution in [0.4, 0.5) is 0 Å². The zero-order valence-electron chi connectivity index (χ0n) is 9.52. The summed E-state index contributed by atoms with van der Waals surface area (Å²) in [6, 6.07) is 5.90. The monoisotopic (exact) mass is 257 g/mol. The first kappa shape index (κ1) is 12.2. The van der Waals surface area contributed by atoms with Gasteiger partial charge >= 0.3 is 0 Å². The normalized spacial score (nSPS) is 19.7. The highest BCUT2D eigenvalue weighted by atomic mass is 35.5. The minimum atomic E-state index is 0.243. The van der Waals surface area contributed by atoms with Crippen molar-refractivity contribution in [3.63, 3.8) is 0 Å². The van der Waals surface area contributed by atoms with Crippen LogP contribution in [0.2, 0.25) is 10.0 Å². The van der Waals surface area contributed by atoms with Crippen molar-refractivity contribution in [1.82, 2.24) is 5.32 Å². The van der Waals surface area contributed by atoms with E-state index in [2.05, 4.69) is 18.3 Å². The van der Waals surface area contributed by atoms with Gasteiger partial charge in [-0.1, -0.05) is 36.2 Å². The molecule has 0 aromatic heterocycles. The van der Waals surface area contributed by atoms with Crippen LogP contribution in [0.15, 0.2) is 18.2 Å². The van der Waals surface area contributed by atoms with Crippen LogP contribution in [-0.4, -0.2) is 13.1 Å². The maximum Gasteiger partial charge on any atom is 0.0458 e. The molecule has 0 radical (unpaired) electrons. The first-order valence-electron chi connectivity index (χ1n) is 5.84. The fourth-order valence-electron chi connectivity index (χ4n) is 2.64. The van der Waals surface area contributed by atoms with Crippen molar-refractivity contribution < 1.29 is 0 Å². The van der Waals surface area contributed by atoms with Gasteiger partial charge in [-0.2, -0.15) is 0 Å². The molecule has 2 rings (SSSR count). The maximum atomic E-state index is 6.33. The molecule has 0 atom stereocenters.